The first-order valence-electron chi connectivity index (χ1n) is 17.8. The summed E-state index contributed by atoms with van der Waals surface area (Å²) in [6.45, 7) is 17.8. The van der Waals surface area contributed by atoms with Crippen molar-refractivity contribution in [3.05, 3.63) is 113 Å². The van der Waals surface area contributed by atoms with Gasteiger partial charge in [-0.1, -0.05) is 127 Å². The second-order valence-electron chi connectivity index (χ2n) is 14.0. The van der Waals surface area contributed by atoms with E-state index in [1.807, 2.05) is 38.1 Å². The van der Waals surface area contributed by atoms with Crippen molar-refractivity contribution in [1.29, 1.82) is 0 Å². The van der Waals surface area contributed by atoms with Crippen molar-refractivity contribution in [2.75, 3.05) is 13.2 Å². The van der Waals surface area contributed by atoms with Crippen LogP contribution in [0.1, 0.15) is 103 Å². The number of aromatic nitrogens is 1. The average Bonchev–Trinajstić information content (AvgIpc) is 3.06. The molecule has 0 amide bonds. The lowest BCUT2D eigenvalue weighted by molar-refractivity contribution is 0.219. The number of rotatable bonds is 17. The fraction of sp³-hybridized carbons (Fsp3) is 0.439. The largest absolute Gasteiger partial charge is 0.403 e. The Bertz CT molecular complexity index is 1620. The summed E-state index contributed by atoms with van der Waals surface area (Å²) in [5, 5.41) is 2.18. The first-order chi connectivity index (χ1) is 23.4. The molecule has 0 saturated carbocycles. The molecule has 49 heavy (non-hydrogen) atoms. The van der Waals surface area contributed by atoms with E-state index in [1.54, 1.807) is 0 Å². The Morgan fingerprint density at radius 1 is 0.796 bits per heavy atom. The number of unbranched alkanes of at least 4 members (excludes halogenated alkanes) is 2. The molecule has 0 radical (unpaired) electrons. The topological polar surface area (TPSA) is 57.7 Å². The van der Waals surface area contributed by atoms with Crippen LogP contribution in [-0.2, 0) is 37.2 Å². The van der Waals surface area contributed by atoms with Crippen LogP contribution in [0.2, 0.25) is 5.04 Å². The van der Waals surface area contributed by atoms with Crippen molar-refractivity contribution in [2.24, 2.45) is 0 Å². The van der Waals surface area contributed by atoms with E-state index in [0.29, 0.717) is 6.61 Å². The van der Waals surface area contributed by atoms with Gasteiger partial charge >= 0.3 is 7.60 Å². The van der Waals surface area contributed by atoms with Gasteiger partial charge in [-0.3, -0.25) is 9.55 Å². The molecule has 0 saturated heterocycles. The Kier molecular flexibility index (Phi) is 13.7. The van der Waals surface area contributed by atoms with E-state index in [2.05, 4.69) is 90.1 Å². The van der Waals surface area contributed by atoms with Crippen LogP contribution < -0.4 is 10.4 Å². The standard InChI is InChI=1S/C41H55FNO4PSi/c1-9-12-15-24-36-38(30-48(44,45-10-2)46-11-3)43-40(31(4)5)37(39(36)32-25-27-33(42)28-26-32)29-47-49(41(6,7)8,34-20-16-13-17-21-34)35-22-18-14-19-23-35/h13-14,16-23,25-28,31H,9-12,15,24,29-30H2,1-8H3. The molecule has 4 aromatic rings. The monoisotopic (exact) mass is 703 g/mol. The summed E-state index contributed by atoms with van der Waals surface area (Å²) < 4.78 is 47.6. The van der Waals surface area contributed by atoms with Gasteiger partial charge < -0.3 is 13.5 Å². The molecule has 4 rings (SSSR count). The van der Waals surface area contributed by atoms with E-state index in [1.165, 1.54) is 22.5 Å². The van der Waals surface area contributed by atoms with Gasteiger partial charge in [0.15, 0.2) is 0 Å². The summed E-state index contributed by atoms with van der Waals surface area (Å²) in [6.07, 6.45) is 3.82. The Morgan fingerprint density at radius 3 is 1.82 bits per heavy atom. The summed E-state index contributed by atoms with van der Waals surface area (Å²) in [4.78, 5) is 5.34. The smallest absolute Gasteiger partial charge is 0.336 e. The van der Waals surface area contributed by atoms with Crippen LogP contribution in [0.25, 0.3) is 11.1 Å². The highest BCUT2D eigenvalue weighted by Crippen LogP contribution is 2.52. The van der Waals surface area contributed by atoms with Crippen molar-refractivity contribution in [1.82, 2.24) is 4.98 Å². The first kappa shape index (κ1) is 38.9. The highest BCUT2D eigenvalue weighted by Gasteiger charge is 2.50. The zero-order valence-corrected chi connectivity index (χ0v) is 32.6. The van der Waals surface area contributed by atoms with Crippen LogP contribution in [0.3, 0.4) is 0 Å². The second-order valence-corrected chi connectivity index (χ2v) is 20.3. The minimum atomic E-state index is -3.48. The quantitative estimate of drug-likeness (QED) is 0.0622. The molecule has 1 aromatic heterocycles. The van der Waals surface area contributed by atoms with Gasteiger partial charge in [-0.05, 0) is 76.8 Å². The van der Waals surface area contributed by atoms with Crippen molar-refractivity contribution in [3.8, 4) is 11.1 Å². The van der Waals surface area contributed by atoms with E-state index >= 15 is 0 Å². The van der Waals surface area contributed by atoms with Gasteiger partial charge in [0.05, 0.1) is 31.7 Å². The van der Waals surface area contributed by atoms with Crippen molar-refractivity contribution in [2.45, 2.75) is 105 Å². The predicted octanol–water partition coefficient (Wildman–Crippen LogP) is 10.6. The molecule has 3 aromatic carbocycles. The fourth-order valence-corrected chi connectivity index (χ4v) is 13.1. The first-order valence-corrected chi connectivity index (χ1v) is 21.5. The molecule has 0 aliphatic rings. The number of hydrogen-bond donors (Lipinski definition) is 0. The van der Waals surface area contributed by atoms with E-state index in [9.17, 15) is 8.96 Å². The molecular formula is C41H55FNO4PSi. The molecule has 0 aliphatic carbocycles. The summed E-state index contributed by atoms with van der Waals surface area (Å²) in [6, 6.07) is 28.0. The Morgan fingerprint density at radius 2 is 1.35 bits per heavy atom. The predicted molar refractivity (Wildman–Crippen MR) is 204 cm³/mol. The minimum Gasteiger partial charge on any atom is -0.403 e. The number of halogens is 1. The maximum atomic E-state index is 14.4. The zero-order chi connectivity index (χ0) is 35.7. The number of hydrogen-bond acceptors (Lipinski definition) is 5. The lowest BCUT2D eigenvalue weighted by atomic mass is 9.88. The highest BCUT2D eigenvalue weighted by atomic mass is 31.2. The zero-order valence-electron chi connectivity index (χ0n) is 30.7. The van der Waals surface area contributed by atoms with Crippen LogP contribution >= 0.6 is 7.60 Å². The van der Waals surface area contributed by atoms with Crippen LogP contribution in [0, 0.1) is 5.82 Å². The van der Waals surface area contributed by atoms with Crippen molar-refractivity contribution >= 4 is 26.3 Å². The second kappa shape index (κ2) is 17.3. The number of pyridine rings is 1. The molecular weight excluding hydrogens is 649 g/mol. The van der Waals surface area contributed by atoms with Crippen molar-refractivity contribution in [3.63, 3.8) is 0 Å². The SMILES string of the molecule is CCCCCc1c(CP(=O)(OCC)OCC)nc(C(C)C)c(CO[Si](c2ccccc2)(c2ccccc2)C(C)(C)C)c1-c1ccc(F)cc1. The molecule has 0 aliphatic heterocycles. The van der Waals surface area contributed by atoms with Crippen molar-refractivity contribution < 1.29 is 22.4 Å². The lowest BCUT2D eigenvalue weighted by Gasteiger charge is -2.43. The summed E-state index contributed by atoms with van der Waals surface area (Å²) in [7, 11) is -6.40. The van der Waals surface area contributed by atoms with Crippen LogP contribution in [0.4, 0.5) is 4.39 Å². The summed E-state index contributed by atoms with van der Waals surface area (Å²) in [5.74, 6) is -0.268. The van der Waals surface area contributed by atoms with E-state index in [0.717, 1.165) is 59.3 Å². The summed E-state index contributed by atoms with van der Waals surface area (Å²) in [5.41, 5.74) is 5.48. The highest BCUT2D eigenvalue weighted by molar-refractivity contribution is 7.53. The fourth-order valence-electron chi connectivity index (χ4n) is 6.92. The maximum absolute atomic E-state index is 14.4. The number of benzene rings is 3. The Labute approximate surface area is 295 Å². The van der Waals surface area contributed by atoms with Gasteiger partial charge in [-0.15, -0.1) is 0 Å². The molecule has 0 fully saturated rings. The van der Waals surface area contributed by atoms with Gasteiger partial charge in [0.1, 0.15) is 5.82 Å². The molecule has 0 bridgehead atoms. The lowest BCUT2D eigenvalue weighted by Crippen LogP contribution is -2.66. The van der Waals surface area contributed by atoms with E-state index in [-0.39, 0.29) is 36.1 Å². The summed E-state index contributed by atoms with van der Waals surface area (Å²) >= 11 is 0. The molecule has 0 N–H and O–H groups in total. The average molecular weight is 704 g/mol. The van der Waals surface area contributed by atoms with E-state index in [4.69, 9.17) is 18.5 Å². The number of nitrogens with zero attached hydrogens (tertiary/aromatic N) is 1. The van der Waals surface area contributed by atoms with Crippen LogP contribution in [0.5, 0.6) is 0 Å². The van der Waals surface area contributed by atoms with Gasteiger partial charge in [0, 0.05) is 11.3 Å². The van der Waals surface area contributed by atoms with Gasteiger partial charge in [0.25, 0.3) is 8.32 Å². The minimum absolute atomic E-state index is 0.0268. The maximum Gasteiger partial charge on any atom is 0.336 e. The normalized spacial score (nSPS) is 12.5. The third-order valence-electron chi connectivity index (χ3n) is 9.07. The van der Waals surface area contributed by atoms with Crippen LogP contribution in [-0.4, -0.2) is 26.5 Å². The molecule has 264 valence electrons. The van der Waals surface area contributed by atoms with Gasteiger partial charge in [0.2, 0.25) is 0 Å². The molecule has 0 unspecified atom stereocenters. The molecule has 1 heterocycles. The third kappa shape index (κ3) is 9.06. The molecule has 0 atom stereocenters. The van der Waals surface area contributed by atoms with E-state index < -0.39 is 15.9 Å². The molecule has 8 heteroatoms. The van der Waals surface area contributed by atoms with Gasteiger partial charge in [-0.2, -0.15) is 0 Å². The Balaban J connectivity index is 2.04. The van der Waals surface area contributed by atoms with Gasteiger partial charge in [-0.25, -0.2) is 4.39 Å². The molecule has 0 spiro atoms. The van der Waals surface area contributed by atoms with Crippen LogP contribution in [0.15, 0.2) is 84.9 Å². The third-order valence-corrected chi connectivity index (χ3v) is 16.0. The Hall–Kier alpha value is -2.93. The molecule has 5 nitrogen and oxygen atoms in total.